The van der Waals surface area contributed by atoms with Crippen LogP contribution in [0.5, 0.6) is 11.6 Å². The average Bonchev–Trinajstić information content (AvgIpc) is 3.38. The minimum absolute atomic E-state index is 0.101. The van der Waals surface area contributed by atoms with Crippen LogP contribution in [-0.2, 0) is 20.7 Å². The normalized spacial score (nSPS) is 16.7. The predicted octanol–water partition coefficient (Wildman–Crippen LogP) is 2.70. The number of nitrogens with one attached hydrogen (secondary N) is 1. The molecular weight excluding hydrogens is 422 g/mol. The van der Waals surface area contributed by atoms with Gasteiger partial charge in [0.15, 0.2) is 5.65 Å². The van der Waals surface area contributed by atoms with Crippen LogP contribution in [0.4, 0.5) is 5.82 Å². The van der Waals surface area contributed by atoms with E-state index in [-0.39, 0.29) is 17.1 Å². The highest BCUT2D eigenvalue weighted by Crippen LogP contribution is 2.37. The van der Waals surface area contributed by atoms with E-state index in [2.05, 4.69) is 15.4 Å². The van der Waals surface area contributed by atoms with Gasteiger partial charge >= 0.3 is 0 Å². The van der Waals surface area contributed by atoms with Crippen LogP contribution < -0.4 is 10.1 Å². The minimum Gasteiger partial charge on any atom is -0.438 e. The number of Topliss-reactive ketones (excluding diaryl/α,β-unsaturated/α-hetero) is 1. The number of nitrogens with zero attached hydrogens (tertiary/aromatic N) is 4. The highest BCUT2D eigenvalue weighted by Gasteiger charge is 2.45. The van der Waals surface area contributed by atoms with Gasteiger partial charge in [0.1, 0.15) is 17.4 Å². The van der Waals surface area contributed by atoms with Gasteiger partial charge in [-0.15, -0.1) is 5.10 Å². The summed E-state index contributed by atoms with van der Waals surface area (Å²) in [6, 6.07) is 11.0. The number of imidazole rings is 1. The summed E-state index contributed by atoms with van der Waals surface area (Å²) in [7, 11) is 0. The lowest BCUT2D eigenvalue weighted by Crippen LogP contribution is -2.45. The van der Waals surface area contributed by atoms with Crippen LogP contribution in [0.1, 0.15) is 25.3 Å². The molecule has 1 amide bonds. The quantitative estimate of drug-likeness (QED) is 0.565. The van der Waals surface area contributed by atoms with E-state index in [1.807, 2.05) is 35.2 Å². The molecule has 9 heteroatoms. The summed E-state index contributed by atoms with van der Waals surface area (Å²) in [5.41, 5.74) is 1.79. The Hall–Kier alpha value is -3.46. The maximum absolute atomic E-state index is 12.5. The number of ketones is 1. The second-order valence-corrected chi connectivity index (χ2v) is 8.96. The molecule has 2 aromatic heterocycles. The number of likely N-dealkylation sites (tertiary alicyclic amines) is 1. The molecule has 2 aliphatic heterocycles. The molecule has 0 bridgehead atoms. The fourth-order valence-electron chi connectivity index (χ4n) is 4.36. The monoisotopic (exact) mass is 449 g/mol. The topological polar surface area (TPSA) is 98.1 Å². The zero-order chi connectivity index (χ0) is 22.8. The molecular formula is C24H27N5O4. The predicted molar refractivity (Wildman–Crippen MR) is 121 cm³/mol. The number of rotatable bonds is 8. The number of hydrogen-bond acceptors (Lipinski definition) is 7. The molecule has 1 spiro atoms. The van der Waals surface area contributed by atoms with Crippen molar-refractivity contribution >= 4 is 23.2 Å². The Kier molecular flexibility index (Phi) is 5.72. The van der Waals surface area contributed by atoms with Gasteiger partial charge in [-0.3, -0.25) is 9.59 Å². The molecule has 5 rings (SSSR count). The lowest BCUT2D eigenvalue weighted by molar-refractivity contribution is -0.134. The van der Waals surface area contributed by atoms with Crippen molar-refractivity contribution in [3.8, 4) is 11.6 Å². The van der Waals surface area contributed by atoms with Gasteiger partial charge in [0.05, 0.1) is 19.4 Å². The standard InChI is InChI=1S/C24H27N5O4/c1-17(30)11-18-3-2-4-19(12-18)33-22-6-5-21-26-20(13-29(21)27-22)25-9-7-23(31)28-10-8-24(14-28)15-32-16-24/h2-6,12-13,25H,7-11,14-16H2,1H3. The van der Waals surface area contributed by atoms with E-state index in [0.717, 1.165) is 38.3 Å². The third-order valence-electron chi connectivity index (χ3n) is 6.12. The molecule has 172 valence electrons. The molecule has 0 aliphatic carbocycles. The Balaban J connectivity index is 1.16. The third-order valence-corrected chi connectivity index (χ3v) is 6.12. The van der Waals surface area contributed by atoms with Crippen molar-refractivity contribution in [3.63, 3.8) is 0 Å². The van der Waals surface area contributed by atoms with Crippen LogP contribution in [0.25, 0.3) is 5.65 Å². The molecule has 1 N–H and O–H groups in total. The largest absolute Gasteiger partial charge is 0.438 e. The van der Waals surface area contributed by atoms with Gasteiger partial charge in [-0.2, -0.15) is 0 Å². The number of aromatic nitrogens is 3. The summed E-state index contributed by atoms with van der Waals surface area (Å²) in [6.07, 6.45) is 3.60. The van der Waals surface area contributed by atoms with Crippen molar-refractivity contribution in [2.45, 2.75) is 26.2 Å². The first kappa shape index (κ1) is 21.4. The first-order chi connectivity index (χ1) is 16.0. The third kappa shape index (κ3) is 4.83. The molecule has 33 heavy (non-hydrogen) atoms. The van der Waals surface area contributed by atoms with Crippen LogP contribution in [0, 0.1) is 5.41 Å². The average molecular weight is 450 g/mol. The Bertz CT molecular complexity index is 1190. The summed E-state index contributed by atoms with van der Waals surface area (Å²) in [6.45, 7) is 5.26. The minimum atomic E-state index is 0.101. The number of amides is 1. The highest BCUT2D eigenvalue weighted by atomic mass is 16.5. The first-order valence-corrected chi connectivity index (χ1v) is 11.2. The number of carbonyl (C=O) groups excluding carboxylic acids is 2. The fraction of sp³-hybridized carbons (Fsp3) is 0.417. The molecule has 1 aromatic carbocycles. The van der Waals surface area contributed by atoms with Gasteiger partial charge in [0, 0.05) is 44.0 Å². The Morgan fingerprint density at radius 1 is 1.24 bits per heavy atom. The van der Waals surface area contributed by atoms with Crippen molar-refractivity contribution in [1.82, 2.24) is 19.5 Å². The van der Waals surface area contributed by atoms with Gasteiger partial charge in [-0.25, -0.2) is 9.50 Å². The zero-order valence-electron chi connectivity index (χ0n) is 18.6. The summed E-state index contributed by atoms with van der Waals surface area (Å²) in [5, 5.41) is 7.67. The zero-order valence-corrected chi connectivity index (χ0v) is 18.6. The maximum Gasteiger partial charge on any atom is 0.237 e. The van der Waals surface area contributed by atoms with E-state index in [1.54, 1.807) is 23.7 Å². The van der Waals surface area contributed by atoms with E-state index in [0.29, 0.717) is 42.5 Å². The van der Waals surface area contributed by atoms with E-state index in [4.69, 9.17) is 9.47 Å². The van der Waals surface area contributed by atoms with Crippen molar-refractivity contribution in [2.24, 2.45) is 5.41 Å². The van der Waals surface area contributed by atoms with Gasteiger partial charge < -0.3 is 19.7 Å². The molecule has 2 aliphatic rings. The molecule has 2 saturated heterocycles. The van der Waals surface area contributed by atoms with Crippen LogP contribution in [0.15, 0.2) is 42.6 Å². The van der Waals surface area contributed by atoms with Crippen molar-refractivity contribution in [3.05, 3.63) is 48.2 Å². The Morgan fingerprint density at radius 2 is 2.12 bits per heavy atom. The first-order valence-electron chi connectivity index (χ1n) is 11.2. The summed E-state index contributed by atoms with van der Waals surface area (Å²) in [5.74, 6) is 1.96. The lowest BCUT2D eigenvalue weighted by Gasteiger charge is -2.37. The number of hydrogen-bond donors (Lipinski definition) is 1. The second kappa shape index (κ2) is 8.82. The molecule has 4 heterocycles. The maximum atomic E-state index is 12.5. The van der Waals surface area contributed by atoms with Crippen molar-refractivity contribution < 1.29 is 19.1 Å². The number of benzene rings is 1. The van der Waals surface area contributed by atoms with Crippen LogP contribution in [-0.4, -0.2) is 64.0 Å². The molecule has 3 aromatic rings. The summed E-state index contributed by atoms with van der Waals surface area (Å²) in [4.78, 5) is 30.3. The fourth-order valence-corrected chi connectivity index (χ4v) is 4.36. The molecule has 0 unspecified atom stereocenters. The van der Waals surface area contributed by atoms with Gasteiger partial charge in [0.2, 0.25) is 11.8 Å². The Morgan fingerprint density at radius 3 is 2.88 bits per heavy atom. The van der Waals surface area contributed by atoms with E-state index in [1.165, 1.54) is 0 Å². The number of fused-ring (bicyclic) bond motifs is 1. The van der Waals surface area contributed by atoms with E-state index < -0.39 is 0 Å². The molecule has 0 atom stereocenters. The van der Waals surface area contributed by atoms with Crippen molar-refractivity contribution in [1.29, 1.82) is 0 Å². The lowest BCUT2D eigenvalue weighted by atomic mass is 9.85. The molecule has 2 fully saturated rings. The van der Waals surface area contributed by atoms with E-state index >= 15 is 0 Å². The van der Waals surface area contributed by atoms with Gasteiger partial charge in [-0.05, 0) is 37.1 Å². The summed E-state index contributed by atoms with van der Waals surface area (Å²) < 4.78 is 12.8. The molecule has 0 saturated carbocycles. The number of ether oxygens (including phenoxy) is 2. The second-order valence-electron chi connectivity index (χ2n) is 8.96. The van der Waals surface area contributed by atoms with Crippen molar-refractivity contribution in [2.75, 3.05) is 38.2 Å². The smallest absolute Gasteiger partial charge is 0.237 e. The molecule has 9 nitrogen and oxygen atoms in total. The van der Waals surface area contributed by atoms with Crippen LogP contribution >= 0.6 is 0 Å². The summed E-state index contributed by atoms with van der Waals surface area (Å²) >= 11 is 0. The van der Waals surface area contributed by atoms with Crippen LogP contribution in [0.2, 0.25) is 0 Å². The SMILES string of the molecule is CC(=O)Cc1cccc(Oc2ccc3nc(NCCC(=O)N4CCC5(COC5)C4)cn3n2)c1. The van der Waals surface area contributed by atoms with E-state index in [9.17, 15) is 9.59 Å². The Labute approximate surface area is 191 Å². The number of carbonyl (C=O) groups is 2. The van der Waals surface area contributed by atoms with Gasteiger partial charge in [-0.1, -0.05) is 12.1 Å². The van der Waals surface area contributed by atoms with Crippen LogP contribution in [0.3, 0.4) is 0 Å². The highest BCUT2D eigenvalue weighted by molar-refractivity contribution is 5.78. The number of anilines is 1. The molecule has 0 radical (unpaired) electrons. The van der Waals surface area contributed by atoms with Gasteiger partial charge in [0.25, 0.3) is 0 Å².